The van der Waals surface area contributed by atoms with Gasteiger partial charge in [0, 0.05) is 23.6 Å². The summed E-state index contributed by atoms with van der Waals surface area (Å²) in [5.41, 5.74) is 4.47. The molecular formula is C31H29N3O3. The summed E-state index contributed by atoms with van der Waals surface area (Å²) >= 11 is 0. The Hall–Kier alpha value is -4.32. The molecule has 0 saturated heterocycles. The number of Topliss-reactive ketones (excluding diaryl/α,β-unsaturated/α-hetero) is 1. The van der Waals surface area contributed by atoms with Crippen molar-refractivity contribution >= 4 is 11.6 Å². The molecule has 0 bridgehead atoms. The van der Waals surface area contributed by atoms with Crippen molar-refractivity contribution in [3.05, 3.63) is 123 Å². The number of H-pyrrole nitrogens is 1. The van der Waals surface area contributed by atoms with Crippen LogP contribution in [0.5, 0.6) is 5.75 Å². The first-order chi connectivity index (χ1) is 17.9. The lowest BCUT2D eigenvalue weighted by atomic mass is 9.69. The number of ketones is 1. The fourth-order valence-corrected chi connectivity index (χ4v) is 5.51. The Morgan fingerprint density at radius 2 is 1.65 bits per heavy atom. The molecule has 0 saturated carbocycles. The van der Waals surface area contributed by atoms with Crippen molar-refractivity contribution in [2.24, 2.45) is 5.41 Å². The van der Waals surface area contributed by atoms with Crippen molar-refractivity contribution in [1.29, 1.82) is 0 Å². The summed E-state index contributed by atoms with van der Waals surface area (Å²) in [7, 11) is 0. The van der Waals surface area contributed by atoms with E-state index >= 15 is 0 Å². The number of carbonyl (C=O) groups is 1. The van der Waals surface area contributed by atoms with Gasteiger partial charge in [-0.1, -0.05) is 74.5 Å². The number of hydrogen-bond donors (Lipinski definition) is 2. The van der Waals surface area contributed by atoms with E-state index in [1.807, 2.05) is 84.9 Å². The average Bonchev–Trinajstić information content (AvgIpc) is 3.22. The molecule has 1 aliphatic heterocycles. The molecule has 2 aliphatic rings. The zero-order valence-corrected chi connectivity index (χ0v) is 21.0. The number of nitrogens with one attached hydrogen (secondary N) is 2. The van der Waals surface area contributed by atoms with Crippen LogP contribution in [0, 0.1) is 5.41 Å². The molecule has 0 radical (unpaired) electrons. The fourth-order valence-electron chi connectivity index (χ4n) is 5.51. The van der Waals surface area contributed by atoms with Crippen LogP contribution in [0.2, 0.25) is 0 Å². The number of ether oxygens (including phenoxy) is 1. The molecule has 6 nitrogen and oxygen atoms in total. The Morgan fingerprint density at radius 1 is 0.919 bits per heavy atom. The maximum absolute atomic E-state index is 13.8. The van der Waals surface area contributed by atoms with Crippen molar-refractivity contribution in [2.45, 2.75) is 39.2 Å². The number of fused-ring (bicyclic) bond motifs is 1. The molecule has 6 rings (SSSR count). The number of anilines is 1. The van der Waals surface area contributed by atoms with Gasteiger partial charge >= 0.3 is 0 Å². The number of rotatable bonds is 5. The first-order valence-corrected chi connectivity index (χ1v) is 12.6. The molecule has 0 unspecified atom stereocenters. The van der Waals surface area contributed by atoms with Gasteiger partial charge in [0.15, 0.2) is 5.78 Å². The van der Waals surface area contributed by atoms with Gasteiger partial charge in [-0.3, -0.25) is 14.7 Å². The summed E-state index contributed by atoms with van der Waals surface area (Å²) in [5.74, 6) is 0.936. The van der Waals surface area contributed by atoms with E-state index in [9.17, 15) is 9.59 Å². The monoisotopic (exact) mass is 491 g/mol. The van der Waals surface area contributed by atoms with Crippen LogP contribution in [-0.2, 0) is 11.4 Å². The number of carbonyl (C=O) groups excluding carboxylic acids is 1. The lowest BCUT2D eigenvalue weighted by Crippen LogP contribution is -2.35. The third kappa shape index (κ3) is 4.29. The van der Waals surface area contributed by atoms with Crippen LogP contribution < -0.4 is 15.6 Å². The number of nitrogens with zero attached hydrogens (tertiary/aromatic N) is 1. The van der Waals surface area contributed by atoms with Crippen LogP contribution in [-0.4, -0.2) is 15.6 Å². The van der Waals surface area contributed by atoms with E-state index in [0.717, 1.165) is 28.9 Å². The van der Waals surface area contributed by atoms with E-state index in [1.165, 1.54) is 0 Å². The molecule has 0 spiro atoms. The van der Waals surface area contributed by atoms with Gasteiger partial charge in [0.2, 0.25) is 0 Å². The topological polar surface area (TPSA) is 76.1 Å². The molecule has 2 heterocycles. The van der Waals surface area contributed by atoms with Gasteiger partial charge in [-0.05, 0) is 47.2 Å². The Balaban J connectivity index is 1.46. The molecule has 0 amide bonds. The molecular weight excluding hydrogens is 462 g/mol. The number of aromatic nitrogens is 2. The van der Waals surface area contributed by atoms with Gasteiger partial charge in [0.1, 0.15) is 18.2 Å². The second-order valence-electron chi connectivity index (χ2n) is 10.6. The number of benzene rings is 3. The van der Waals surface area contributed by atoms with Gasteiger partial charge in [0.05, 0.1) is 11.3 Å². The Morgan fingerprint density at radius 3 is 2.41 bits per heavy atom. The highest BCUT2D eigenvalue weighted by Crippen LogP contribution is 2.48. The largest absolute Gasteiger partial charge is 0.489 e. The van der Waals surface area contributed by atoms with Gasteiger partial charge in [0.25, 0.3) is 5.56 Å². The Labute approximate surface area is 215 Å². The third-order valence-corrected chi connectivity index (χ3v) is 7.15. The van der Waals surface area contributed by atoms with Crippen LogP contribution in [0.1, 0.15) is 49.3 Å². The number of allylic oxidation sites excluding steroid dienone is 2. The highest BCUT2D eigenvalue weighted by Gasteiger charge is 2.43. The van der Waals surface area contributed by atoms with Gasteiger partial charge in [-0.25, -0.2) is 4.68 Å². The molecule has 37 heavy (non-hydrogen) atoms. The summed E-state index contributed by atoms with van der Waals surface area (Å²) in [6.07, 6.45) is 1.17. The standard InChI is InChI=1S/C31H29N3O3/c1-31(2)17-24-27(25(35)18-31)26(21-12-9-15-23(16-21)37-19-20-10-5-3-6-11-20)28-29(32-24)33-34(30(28)36)22-13-7-4-8-14-22/h3-16,26,32-33H,17-19H2,1-2H3/t26-/m0/s1. The zero-order chi connectivity index (χ0) is 25.6. The molecule has 1 aromatic heterocycles. The lowest BCUT2D eigenvalue weighted by molar-refractivity contribution is -0.118. The molecule has 1 aliphatic carbocycles. The van der Waals surface area contributed by atoms with Gasteiger partial charge in [-0.2, -0.15) is 0 Å². The average molecular weight is 492 g/mol. The molecule has 1 atom stereocenters. The van der Waals surface area contributed by atoms with Crippen molar-refractivity contribution in [3.8, 4) is 11.4 Å². The van der Waals surface area contributed by atoms with E-state index in [-0.39, 0.29) is 16.8 Å². The lowest BCUT2D eigenvalue weighted by Gasteiger charge is -2.37. The SMILES string of the molecule is CC1(C)CC(=O)C2=C(C1)Nc1[nH]n(-c3ccccc3)c(=O)c1[C@H]2c1cccc(OCc2ccccc2)c1. The van der Waals surface area contributed by atoms with E-state index < -0.39 is 5.92 Å². The van der Waals surface area contributed by atoms with E-state index in [4.69, 9.17) is 4.74 Å². The number of hydrogen-bond acceptors (Lipinski definition) is 4. The summed E-state index contributed by atoms with van der Waals surface area (Å²) in [6.45, 7) is 4.65. The van der Waals surface area contributed by atoms with E-state index in [0.29, 0.717) is 35.7 Å². The van der Waals surface area contributed by atoms with Crippen LogP contribution in [0.15, 0.2) is 101 Å². The predicted molar refractivity (Wildman–Crippen MR) is 144 cm³/mol. The summed E-state index contributed by atoms with van der Waals surface area (Å²) in [5, 5.41) is 6.70. The minimum absolute atomic E-state index is 0.0804. The molecule has 0 fully saturated rings. The first-order valence-electron chi connectivity index (χ1n) is 12.6. The fraction of sp³-hybridized carbons (Fsp3) is 0.226. The van der Waals surface area contributed by atoms with E-state index in [1.54, 1.807) is 4.68 Å². The number of para-hydroxylation sites is 1. The minimum atomic E-state index is -0.483. The van der Waals surface area contributed by atoms with Crippen molar-refractivity contribution in [1.82, 2.24) is 9.78 Å². The van der Waals surface area contributed by atoms with Gasteiger partial charge in [-0.15, -0.1) is 0 Å². The highest BCUT2D eigenvalue weighted by molar-refractivity contribution is 6.01. The predicted octanol–water partition coefficient (Wildman–Crippen LogP) is 5.95. The van der Waals surface area contributed by atoms with Crippen molar-refractivity contribution in [3.63, 3.8) is 0 Å². The molecule has 2 N–H and O–H groups in total. The Bertz CT molecular complexity index is 1560. The second kappa shape index (κ2) is 8.96. The quantitative estimate of drug-likeness (QED) is 0.362. The minimum Gasteiger partial charge on any atom is -0.489 e. The van der Waals surface area contributed by atoms with Crippen molar-refractivity contribution < 1.29 is 9.53 Å². The smallest absolute Gasteiger partial charge is 0.277 e. The van der Waals surface area contributed by atoms with Crippen LogP contribution in [0.25, 0.3) is 5.69 Å². The maximum Gasteiger partial charge on any atom is 0.277 e. The molecule has 4 aromatic rings. The van der Waals surface area contributed by atoms with E-state index in [2.05, 4.69) is 24.3 Å². The first kappa shape index (κ1) is 23.1. The Kier molecular flexibility index (Phi) is 5.60. The highest BCUT2D eigenvalue weighted by atomic mass is 16.5. The second-order valence-corrected chi connectivity index (χ2v) is 10.6. The molecule has 186 valence electrons. The zero-order valence-electron chi connectivity index (χ0n) is 21.0. The molecule has 3 aromatic carbocycles. The normalized spacial score (nSPS) is 18.1. The van der Waals surface area contributed by atoms with Crippen LogP contribution in [0.4, 0.5) is 5.82 Å². The molecule has 6 heteroatoms. The summed E-state index contributed by atoms with van der Waals surface area (Å²) in [4.78, 5) is 27.4. The third-order valence-electron chi connectivity index (χ3n) is 7.15. The summed E-state index contributed by atoms with van der Waals surface area (Å²) in [6, 6.07) is 27.3. The van der Waals surface area contributed by atoms with Crippen LogP contribution >= 0.6 is 0 Å². The van der Waals surface area contributed by atoms with Crippen LogP contribution in [0.3, 0.4) is 0 Å². The maximum atomic E-state index is 13.8. The van der Waals surface area contributed by atoms with Crippen molar-refractivity contribution in [2.75, 3.05) is 5.32 Å². The van der Waals surface area contributed by atoms with Gasteiger partial charge < -0.3 is 10.1 Å². The summed E-state index contributed by atoms with van der Waals surface area (Å²) < 4.78 is 7.65. The number of aromatic amines is 1.